The Morgan fingerprint density at radius 1 is 1.35 bits per heavy atom. The number of carbonyl (C=O) groups is 1. The van der Waals surface area contributed by atoms with E-state index < -0.39 is 0 Å². The number of nitrogens with zero attached hydrogens (tertiary/aromatic N) is 1. The van der Waals surface area contributed by atoms with Gasteiger partial charge in [0.05, 0.1) is 10.8 Å². The van der Waals surface area contributed by atoms with Gasteiger partial charge < -0.3 is 4.90 Å². The molecule has 2 rings (SSSR count). The summed E-state index contributed by atoms with van der Waals surface area (Å²) >= 11 is 1.70. The molecule has 2 nitrogen and oxygen atoms in total. The lowest BCUT2D eigenvalue weighted by Crippen LogP contribution is -2.37. The van der Waals surface area contributed by atoms with Crippen LogP contribution in [-0.2, 0) is 4.79 Å². The van der Waals surface area contributed by atoms with Crippen molar-refractivity contribution in [2.45, 2.75) is 30.6 Å². The van der Waals surface area contributed by atoms with Gasteiger partial charge in [-0.1, -0.05) is 30.3 Å². The Morgan fingerprint density at radius 2 is 1.94 bits per heavy atom. The molecule has 1 aliphatic carbocycles. The number of rotatable bonds is 4. The van der Waals surface area contributed by atoms with E-state index in [1.165, 1.54) is 5.56 Å². The van der Waals surface area contributed by atoms with E-state index in [-0.39, 0.29) is 16.7 Å². The maximum absolute atomic E-state index is 12.4. The van der Waals surface area contributed by atoms with Gasteiger partial charge >= 0.3 is 0 Å². The van der Waals surface area contributed by atoms with Gasteiger partial charge in [-0.15, -0.1) is 11.8 Å². The Kier molecular flexibility index (Phi) is 3.48. The Morgan fingerprint density at radius 3 is 2.41 bits per heavy atom. The van der Waals surface area contributed by atoms with Gasteiger partial charge in [-0.25, -0.2) is 0 Å². The van der Waals surface area contributed by atoms with Crippen LogP contribution in [0.1, 0.15) is 31.4 Å². The zero-order valence-corrected chi connectivity index (χ0v) is 11.5. The number of thioether (sulfide) groups is 1. The van der Waals surface area contributed by atoms with Crippen LogP contribution in [0.2, 0.25) is 0 Å². The molecule has 0 spiro atoms. The van der Waals surface area contributed by atoms with Crippen LogP contribution in [0, 0.1) is 0 Å². The molecule has 1 amide bonds. The SMILES string of the molecule is CSC1(C(=O)N(C)C(C)c2ccccc2)CC1. The van der Waals surface area contributed by atoms with Gasteiger partial charge in [-0.2, -0.15) is 0 Å². The molecule has 0 aliphatic heterocycles. The van der Waals surface area contributed by atoms with Crippen molar-refractivity contribution in [2.75, 3.05) is 13.3 Å². The van der Waals surface area contributed by atoms with Crippen LogP contribution in [0.5, 0.6) is 0 Å². The Balaban J connectivity index is 2.10. The van der Waals surface area contributed by atoms with Crippen molar-refractivity contribution < 1.29 is 4.79 Å². The summed E-state index contributed by atoms with van der Waals surface area (Å²) in [5.74, 6) is 0.279. The van der Waals surface area contributed by atoms with E-state index in [4.69, 9.17) is 0 Å². The molecule has 0 N–H and O–H groups in total. The van der Waals surface area contributed by atoms with Gasteiger partial charge in [0, 0.05) is 7.05 Å². The second-order valence-corrected chi connectivity index (χ2v) is 5.89. The normalized spacial score (nSPS) is 18.5. The molecule has 0 saturated heterocycles. The van der Waals surface area contributed by atoms with Gasteiger partial charge in [-0.05, 0) is 31.6 Å². The molecule has 17 heavy (non-hydrogen) atoms. The van der Waals surface area contributed by atoms with E-state index in [0.717, 1.165) is 12.8 Å². The molecular formula is C14H19NOS. The minimum absolute atomic E-state index is 0.113. The van der Waals surface area contributed by atoms with Crippen molar-refractivity contribution in [3.8, 4) is 0 Å². The molecule has 1 fully saturated rings. The summed E-state index contributed by atoms with van der Waals surface area (Å²) in [5, 5.41) is 0. The molecule has 1 aromatic carbocycles. The molecule has 0 heterocycles. The van der Waals surface area contributed by atoms with E-state index in [0.29, 0.717) is 0 Å². The van der Waals surface area contributed by atoms with Crippen LogP contribution in [0.15, 0.2) is 30.3 Å². The van der Waals surface area contributed by atoms with Gasteiger partial charge in [0.15, 0.2) is 0 Å². The molecule has 1 unspecified atom stereocenters. The van der Waals surface area contributed by atoms with Crippen molar-refractivity contribution >= 4 is 17.7 Å². The summed E-state index contributed by atoms with van der Waals surface area (Å²) in [6.45, 7) is 2.09. The summed E-state index contributed by atoms with van der Waals surface area (Å²) in [6.07, 6.45) is 4.09. The lowest BCUT2D eigenvalue weighted by atomic mass is 10.1. The first kappa shape index (κ1) is 12.5. The van der Waals surface area contributed by atoms with Crippen molar-refractivity contribution in [3.05, 3.63) is 35.9 Å². The summed E-state index contributed by atoms with van der Waals surface area (Å²) in [4.78, 5) is 14.3. The van der Waals surface area contributed by atoms with Gasteiger partial charge in [0.1, 0.15) is 0 Å². The minimum atomic E-state index is -0.113. The monoisotopic (exact) mass is 249 g/mol. The number of carbonyl (C=O) groups excluding carboxylic acids is 1. The molecule has 1 atom stereocenters. The summed E-state index contributed by atoms with van der Waals surface area (Å²) < 4.78 is -0.113. The van der Waals surface area contributed by atoms with Crippen LogP contribution in [0.3, 0.4) is 0 Å². The number of hydrogen-bond donors (Lipinski definition) is 0. The fraction of sp³-hybridized carbons (Fsp3) is 0.500. The van der Waals surface area contributed by atoms with Gasteiger partial charge in [0.2, 0.25) is 5.91 Å². The highest BCUT2D eigenvalue weighted by molar-refractivity contribution is 8.01. The average Bonchev–Trinajstić information content (AvgIpc) is 3.18. The second-order valence-electron chi connectivity index (χ2n) is 4.70. The van der Waals surface area contributed by atoms with Crippen molar-refractivity contribution in [1.82, 2.24) is 4.90 Å². The van der Waals surface area contributed by atoms with Crippen molar-refractivity contribution in [1.29, 1.82) is 0 Å². The minimum Gasteiger partial charge on any atom is -0.338 e. The zero-order chi connectivity index (χ0) is 12.5. The lowest BCUT2D eigenvalue weighted by molar-refractivity contribution is -0.131. The standard InChI is InChI=1S/C14H19NOS/c1-11(12-7-5-4-6-8-12)15(2)13(16)14(17-3)9-10-14/h4-8,11H,9-10H2,1-3H3. The second kappa shape index (κ2) is 4.73. The number of hydrogen-bond acceptors (Lipinski definition) is 2. The number of benzene rings is 1. The largest absolute Gasteiger partial charge is 0.338 e. The highest BCUT2D eigenvalue weighted by atomic mass is 32.2. The topological polar surface area (TPSA) is 20.3 Å². The predicted octanol–water partition coefficient (Wildman–Crippen LogP) is 3.10. The van der Waals surface area contributed by atoms with E-state index in [2.05, 4.69) is 19.1 Å². The van der Waals surface area contributed by atoms with Crippen LogP contribution >= 0.6 is 11.8 Å². The maximum Gasteiger partial charge on any atom is 0.239 e. The van der Waals surface area contributed by atoms with Gasteiger partial charge in [0.25, 0.3) is 0 Å². The molecule has 0 radical (unpaired) electrons. The van der Waals surface area contributed by atoms with E-state index >= 15 is 0 Å². The Hall–Kier alpha value is -0.960. The van der Waals surface area contributed by atoms with Gasteiger partial charge in [-0.3, -0.25) is 4.79 Å². The zero-order valence-electron chi connectivity index (χ0n) is 10.6. The Bertz CT molecular complexity index is 400. The molecule has 0 bridgehead atoms. The molecular weight excluding hydrogens is 230 g/mol. The van der Waals surface area contributed by atoms with E-state index in [9.17, 15) is 4.79 Å². The van der Waals surface area contributed by atoms with E-state index in [1.807, 2.05) is 36.4 Å². The first-order valence-electron chi connectivity index (χ1n) is 5.98. The lowest BCUT2D eigenvalue weighted by Gasteiger charge is -2.28. The molecule has 1 aromatic rings. The predicted molar refractivity (Wildman–Crippen MR) is 73.1 cm³/mol. The third-order valence-corrected chi connectivity index (χ3v) is 5.03. The first-order valence-corrected chi connectivity index (χ1v) is 7.20. The van der Waals surface area contributed by atoms with Crippen LogP contribution in [0.25, 0.3) is 0 Å². The highest BCUT2D eigenvalue weighted by Gasteiger charge is 2.51. The molecule has 92 valence electrons. The molecule has 1 saturated carbocycles. The van der Waals surface area contributed by atoms with E-state index in [1.54, 1.807) is 11.8 Å². The van der Waals surface area contributed by atoms with Crippen LogP contribution < -0.4 is 0 Å². The molecule has 3 heteroatoms. The third-order valence-electron chi connectivity index (χ3n) is 3.67. The molecule has 1 aliphatic rings. The fourth-order valence-corrected chi connectivity index (χ4v) is 2.90. The smallest absolute Gasteiger partial charge is 0.239 e. The number of amides is 1. The van der Waals surface area contributed by atoms with Crippen molar-refractivity contribution in [2.24, 2.45) is 0 Å². The summed E-state index contributed by atoms with van der Waals surface area (Å²) in [7, 11) is 1.91. The third kappa shape index (κ3) is 2.34. The maximum atomic E-state index is 12.4. The van der Waals surface area contributed by atoms with Crippen molar-refractivity contribution in [3.63, 3.8) is 0 Å². The summed E-state index contributed by atoms with van der Waals surface area (Å²) in [6, 6.07) is 10.3. The summed E-state index contributed by atoms with van der Waals surface area (Å²) in [5.41, 5.74) is 1.19. The van der Waals surface area contributed by atoms with Crippen LogP contribution in [-0.4, -0.2) is 28.9 Å². The highest BCUT2D eigenvalue weighted by Crippen LogP contribution is 2.49. The Labute approximate surface area is 107 Å². The quantitative estimate of drug-likeness (QED) is 0.817. The average molecular weight is 249 g/mol. The fourth-order valence-electron chi connectivity index (χ4n) is 2.07. The van der Waals surface area contributed by atoms with Crippen LogP contribution in [0.4, 0.5) is 0 Å². The molecule has 0 aromatic heterocycles. The first-order chi connectivity index (χ1) is 8.10.